The number of anilines is 1. The predicted molar refractivity (Wildman–Crippen MR) is 186 cm³/mol. The Balaban J connectivity index is 1.57. The van der Waals surface area contributed by atoms with Gasteiger partial charge in [-0.25, -0.2) is 0 Å². The van der Waals surface area contributed by atoms with Crippen molar-refractivity contribution >= 4 is 22.7 Å². The normalized spacial score (nSPS) is 15.2. The lowest BCUT2D eigenvalue weighted by atomic mass is 9.80. The van der Waals surface area contributed by atoms with E-state index in [1.165, 1.54) is 23.4 Å². The van der Waals surface area contributed by atoms with E-state index in [1.807, 2.05) is 72.7 Å². The highest BCUT2D eigenvalue weighted by Gasteiger charge is 2.40. The van der Waals surface area contributed by atoms with Gasteiger partial charge in [-0.05, 0) is 59.4 Å². The van der Waals surface area contributed by atoms with Crippen molar-refractivity contribution in [3.63, 3.8) is 0 Å². The van der Waals surface area contributed by atoms with Gasteiger partial charge < -0.3 is 19.7 Å². The van der Waals surface area contributed by atoms with Gasteiger partial charge in [0.1, 0.15) is 17.2 Å². The molecule has 0 unspecified atom stereocenters. The van der Waals surface area contributed by atoms with E-state index in [0.717, 1.165) is 35.2 Å². The third-order valence-corrected chi connectivity index (χ3v) is 8.59. The van der Waals surface area contributed by atoms with Crippen LogP contribution in [-0.2, 0) is 17.4 Å². The van der Waals surface area contributed by atoms with Gasteiger partial charge >= 0.3 is 0 Å². The molecule has 3 aromatic rings. The highest BCUT2D eigenvalue weighted by Crippen LogP contribution is 2.49. The third kappa shape index (κ3) is 7.78. The fourth-order valence-electron chi connectivity index (χ4n) is 5.98. The molecule has 0 radical (unpaired) electrons. The Morgan fingerprint density at radius 1 is 0.851 bits per heavy atom. The molecule has 10 heteroatoms. The lowest BCUT2D eigenvalue weighted by Crippen LogP contribution is -2.73. The van der Waals surface area contributed by atoms with Crippen LogP contribution in [0.25, 0.3) is 0 Å². The van der Waals surface area contributed by atoms with Crippen molar-refractivity contribution in [1.29, 1.82) is 0 Å². The Labute approximate surface area is 276 Å². The first kappa shape index (κ1) is 34.6. The molecular weight excluding hydrogens is 596 g/mol. The first-order valence-corrected chi connectivity index (χ1v) is 15.4. The van der Waals surface area contributed by atoms with Crippen molar-refractivity contribution in [2.45, 2.75) is 51.5 Å². The maximum Gasteiger partial charge on any atom is 0.276 e. The fraction of sp³-hybridized carbons (Fsp3) is 0.297. The van der Waals surface area contributed by atoms with Gasteiger partial charge in [0.05, 0.1) is 37.2 Å². The number of hydrogen-bond donors (Lipinski definition) is 1. The van der Waals surface area contributed by atoms with E-state index in [1.54, 1.807) is 14.2 Å². The molecule has 0 aromatic heterocycles. The topological polar surface area (TPSA) is 125 Å². The molecule has 0 spiro atoms. The molecule has 0 fully saturated rings. The smallest absolute Gasteiger partial charge is 0.276 e. The summed E-state index contributed by atoms with van der Waals surface area (Å²) in [6.07, 6.45) is 14.9. The molecule has 10 nitrogen and oxygen atoms in total. The van der Waals surface area contributed by atoms with Crippen LogP contribution in [0.3, 0.4) is 0 Å². The van der Waals surface area contributed by atoms with Crippen LogP contribution in [-0.4, -0.2) is 31.1 Å². The second-order valence-electron chi connectivity index (χ2n) is 12.5. The number of allylic oxidation sites excluding steroid dienone is 8. The molecular formula is C37H43N4O6+. The summed E-state index contributed by atoms with van der Waals surface area (Å²) in [5, 5.41) is 25.2. The number of non-ortho nitro benzene ring substituents is 2. The van der Waals surface area contributed by atoms with Gasteiger partial charge in [0, 0.05) is 47.1 Å². The largest absolute Gasteiger partial charge is 0.497 e. The van der Waals surface area contributed by atoms with Gasteiger partial charge in [0.2, 0.25) is 0 Å². The Morgan fingerprint density at radius 2 is 1.45 bits per heavy atom. The minimum Gasteiger partial charge on any atom is -0.497 e. The average molecular weight is 640 g/mol. The molecule has 0 saturated heterocycles. The SMILES string of the molecule is C[NH2+]c1ccc(OC)cc1C(C)(C)C/C=C/C=C/C=C/C=C1/N(Cc2cc([N+](=O)[O-])cc([N+](=O)[O-])c2)c2ccc(OC)cc2C1(C)C. The van der Waals surface area contributed by atoms with Gasteiger partial charge in [0.25, 0.3) is 11.4 Å². The van der Waals surface area contributed by atoms with E-state index < -0.39 is 15.3 Å². The summed E-state index contributed by atoms with van der Waals surface area (Å²) in [5.74, 6) is 1.56. The maximum absolute atomic E-state index is 11.6. The number of nitrogens with two attached hydrogens (primary N) is 1. The van der Waals surface area contributed by atoms with E-state index in [9.17, 15) is 20.2 Å². The van der Waals surface area contributed by atoms with E-state index in [4.69, 9.17) is 9.47 Å². The van der Waals surface area contributed by atoms with Crippen molar-refractivity contribution in [3.05, 3.63) is 140 Å². The third-order valence-electron chi connectivity index (χ3n) is 8.59. The lowest BCUT2D eigenvalue weighted by molar-refractivity contribution is -0.540. The van der Waals surface area contributed by atoms with Crippen LogP contribution in [0.5, 0.6) is 11.5 Å². The van der Waals surface area contributed by atoms with Gasteiger partial charge in [-0.1, -0.05) is 64.2 Å². The number of nitro benzene ring substituents is 2. The molecule has 1 heterocycles. The molecule has 3 aromatic carbocycles. The minimum atomic E-state index is -0.607. The number of hydrogen-bond acceptors (Lipinski definition) is 7. The quantitative estimate of drug-likeness (QED) is 0.0885. The first-order chi connectivity index (χ1) is 22.3. The highest BCUT2D eigenvalue weighted by atomic mass is 16.6. The summed E-state index contributed by atoms with van der Waals surface area (Å²) in [7, 11) is 5.34. The molecule has 2 N–H and O–H groups in total. The summed E-state index contributed by atoms with van der Waals surface area (Å²) in [5.41, 5.74) is 4.61. The van der Waals surface area contributed by atoms with Crippen LogP contribution in [0, 0.1) is 20.2 Å². The Morgan fingerprint density at radius 3 is 2.06 bits per heavy atom. The Bertz CT molecular complexity index is 1740. The number of nitro groups is 2. The predicted octanol–water partition coefficient (Wildman–Crippen LogP) is 7.56. The molecule has 0 atom stereocenters. The number of rotatable bonds is 13. The summed E-state index contributed by atoms with van der Waals surface area (Å²) >= 11 is 0. The van der Waals surface area contributed by atoms with E-state index in [-0.39, 0.29) is 23.3 Å². The summed E-state index contributed by atoms with van der Waals surface area (Å²) in [6.45, 7) is 8.87. The molecule has 246 valence electrons. The van der Waals surface area contributed by atoms with Crippen LogP contribution < -0.4 is 19.7 Å². The van der Waals surface area contributed by atoms with Crippen LogP contribution >= 0.6 is 0 Å². The number of nitrogens with zero attached hydrogens (tertiary/aromatic N) is 3. The zero-order valence-corrected chi connectivity index (χ0v) is 28.0. The van der Waals surface area contributed by atoms with Crippen molar-refractivity contribution in [2.75, 3.05) is 26.2 Å². The number of methoxy groups -OCH3 is 2. The van der Waals surface area contributed by atoms with E-state index in [0.29, 0.717) is 11.3 Å². The van der Waals surface area contributed by atoms with Gasteiger partial charge in [0.15, 0.2) is 0 Å². The van der Waals surface area contributed by atoms with E-state index in [2.05, 4.69) is 51.2 Å². The van der Waals surface area contributed by atoms with Crippen molar-refractivity contribution in [1.82, 2.24) is 0 Å². The van der Waals surface area contributed by atoms with Crippen LogP contribution in [0.2, 0.25) is 0 Å². The second kappa shape index (κ2) is 14.5. The van der Waals surface area contributed by atoms with Crippen molar-refractivity contribution < 1.29 is 24.6 Å². The molecule has 0 amide bonds. The number of benzene rings is 3. The number of quaternary nitrogens is 1. The van der Waals surface area contributed by atoms with Gasteiger partial charge in [-0.15, -0.1) is 0 Å². The monoisotopic (exact) mass is 639 g/mol. The zero-order valence-electron chi connectivity index (χ0n) is 28.0. The number of fused-ring (bicyclic) bond motifs is 1. The van der Waals surface area contributed by atoms with Crippen molar-refractivity contribution in [2.24, 2.45) is 0 Å². The molecule has 47 heavy (non-hydrogen) atoms. The molecule has 0 saturated carbocycles. The number of ether oxygens (including phenoxy) is 2. The minimum absolute atomic E-state index is 0.0875. The molecule has 1 aliphatic rings. The molecule has 1 aliphatic heterocycles. The summed E-state index contributed by atoms with van der Waals surface area (Å²) in [4.78, 5) is 23.9. The summed E-state index contributed by atoms with van der Waals surface area (Å²) in [6, 6.07) is 15.7. The molecule has 4 rings (SSSR count). The fourth-order valence-corrected chi connectivity index (χ4v) is 5.98. The average Bonchev–Trinajstić information content (AvgIpc) is 3.25. The zero-order chi connectivity index (χ0) is 34.4. The maximum atomic E-state index is 11.6. The van der Waals surface area contributed by atoms with Gasteiger partial charge in [-0.3, -0.25) is 20.2 Å². The standard InChI is InChI=1S/C37H42N4O6/c1-36(2,31-23-29(46-6)15-17-33(31)38-5)19-13-11-9-8-10-12-14-35-37(3,4)32-24-30(47-7)16-18-34(32)39(35)25-26-20-27(40(42)43)22-28(21-26)41(44)45/h8-18,20-24,38H,19,25H2,1-7H3/p+1/b9-8+,12-10+,13-11+,35-14+. The van der Waals surface area contributed by atoms with Gasteiger partial charge in [-0.2, -0.15) is 0 Å². The van der Waals surface area contributed by atoms with Crippen LogP contribution in [0.4, 0.5) is 22.7 Å². The second-order valence-corrected chi connectivity index (χ2v) is 12.5. The van der Waals surface area contributed by atoms with Crippen molar-refractivity contribution in [3.8, 4) is 11.5 Å². The lowest BCUT2D eigenvalue weighted by Gasteiger charge is -2.27. The molecule has 0 bridgehead atoms. The molecule has 0 aliphatic carbocycles. The van der Waals surface area contributed by atoms with Crippen LogP contribution in [0.15, 0.2) is 103 Å². The highest BCUT2D eigenvalue weighted by molar-refractivity contribution is 5.72. The van der Waals surface area contributed by atoms with Crippen LogP contribution in [0.1, 0.15) is 50.8 Å². The first-order valence-electron chi connectivity index (χ1n) is 15.4. The van der Waals surface area contributed by atoms with E-state index >= 15 is 0 Å². The Kier molecular flexibility index (Phi) is 10.7. The summed E-state index contributed by atoms with van der Waals surface area (Å²) < 4.78 is 11.0. The Hall–Kier alpha value is -5.22.